The number of hydrogen-bond donors (Lipinski definition) is 2. The van der Waals surface area contributed by atoms with Gasteiger partial charge in [-0.2, -0.15) is 0 Å². The Labute approximate surface area is 103 Å². The van der Waals surface area contributed by atoms with E-state index in [0.29, 0.717) is 11.4 Å². The molecule has 2 aromatic heterocycles. The summed E-state index contributed by atoms with van der Waals surface area (Å²) in [5.74, 6) is -1.02. The molecule has 92 valence electrons. The number of hydrogen-bond acceptors (Lipinski definition) is 3. The van der Waals surface area contributed by atoms with E-state index in [1.54, 1.807) is 25.5 Å². The molecule has 2 heterocycles. The number of pyridine rings is 1. The van der Waals surface area contributed by atoms with Crippen molar-refractivity contribution in [1.29, 1.82) is 0 Å². The van der Waals surface area contributed by atoms with E-state index in [0.717, 1.165) is 0 Å². The topological polar surface area (TPSA) is 86.3 Å². The van der Waals surface area contributed by atoms with E-state index in [1.165, 1.54) is 23.2 Å². The molecule has 18 heavy (non-hydrogen) atoms. The molecule has 0 saturated heterocycles. The number of nitrogens with one attached hydrogen (secondary N) is 1. The Hall–Kier alpha value is -2.63. The largest absolute Gasteiger partial charge is 0.478 e. The van der Waals surface area contributed by atoms with E-state index >= 15 is 0 Å². The van der Waals surface area contributed by atoms with E-state index < -0.39 is 5.97 Å². The lowest BCUT2D eigenvalue weighted by Crippen LogP contribution is -2.26. The molecule has 1 amide bonds. The minimum absolute atomic E-state index is 0.0914. The molecule has 0 aliphatic heterocycles. The molecule has 6 heteroatoms. The van der Waals surface area contributed by atoms with Crippen LogP contribution < -0.4 is 4.90 Å². The first kappa shape index (κ1) is 11.8. The number of anilines is 1. The average molecular weight is 245 g/mol. The molecule has 2 aromatic rings. The number of aromatic carboxylic acids is 1. The molecule has 0 atom stereocenters. The molecular formula is C12H11N3O3. The lowest BCUT2D eigenvalue weighted by atomic mass is 10.2. The average Bonchev–Trinajstić information content (AvgIpc) is 2.91. The molecule has 0 radical (unpaired) electrons. The van der Waals surface area contributed by atoms with Crippen LogP contribution in [0.4, 0.5) is 5.82 Å². The van der Waals surface area contributed by atoms with E-state index in [1.807, 2.05) is 0 Å². The third-order valence-corrected chi connectivity index (χ3v) is 2.49. The van der Waals surface area contributed by atoms with Crippen molar-refractivity contribution >= 4 is 17.7 Å². The van der Waals surface area contributed by atoms with Gasteiger partial charge in [0, 0.05) is 25.6 Å². The second kappa shape index (κ2) is 4.70. The van der Waals surface area contributed by atoms with Crippen LogP contribution in [0.25, 0.3) is 0 Å². The second-order valence-corrected chi connectivity index (χ2v) is 3.67. The predicted octanol–water partition coefficient (Wildman–Crippen LogP) is 1.38. The highest BCUT2D eigenvalue weighted by Gasteiger charge is 2.16. The van der Waals surface area contributed by atoms with Crippen molar-refractivity contribution in [3.63, 3.8) is 0 Å². The summed E-state index contributed by atoms with van der Waals surface area (Å²) in [7, 11) is 1.54. The molecule has 2 rings (SSSR count). The molecule has 0 spiro atoms. The van der Waals surface area contributed by atoms with E-state index in [-0.39, 0.29) is 11.5 Å². The van der Waals surface area contributed by atoms with Crippen LogP contribution in [0.3, 0.4) is 0 Å². The third-order valence-electron chi connectivity index (χ3n) is 2.49. The van der Waals surface area contributed by atoms with Crippen molar-refractivity contribution in [3.8, 4) is 0 Å². The van der Waals surface area contributed by atoms with Crippen LogP contribution in [0.2, 0.25) is 0 Å². The maximum absolute atomic E-state index is 12.0. The number of carboxylic acid groups (broad SMARTS) is 1. The van der Waals surface area contributed by atoms with Gasteiger partial charge in [-0.15, -0.1) is 0 Å². The molecule has 0 saturated carbocycles. The fourth-order valence-corrected chi connectivity index (χ4v) is 1.49. The Morgan fingerprint density at radius 3 is 2.72 bits per heavy atom. The van der Waals surface area contributed by atoms with Crippen molar-refractivity contribution < 1.29 is 14.7 Å². The van der Waals surface area contributed by atoms with Gasteiger partial charge in [-0.1, -0.05) is 0 Å². The summed E-state index contributed by atoms with van der Waals surface area (Å²) in [6, 6.07) is 4.37. The Kier molecular flexibility index (Phi) is 3.09. The number of carbonyl (C=O) groups is 2. The molecule has 0 fully saturated rings. The molecule has 2 N–H and O–H groups in total. The highest BCUT2D eigenvalue weighted by Crippen LogP contribution is 2.14. The normalized spacial score (nSPS) is 10.1. The number of rotatable bonds is 3. The molecule has 0 aromatic carbocycles. The van der Waals surface area contributed by atoms with Gasteiger partial charge in [0.25, 0.3) is 5.91 Å². The van der Waals surface area contributed by atoms with Gasteiger partial charge in [0.2, 0.25) is 0 Å². The Balaban J connectivity index is 2.29. The maximum Gasteiger partial charge on any atom is 0.335 e. The number of aromatic amines is 1. The minimum Gasteiger partial charge on any atom is -0.478 e. The third kappa shape index (κ3) is 2.22. The Morgan fingerprint density at radius 2 is 2.11 bits per heavy atom. The standard InChI is InChI=1S/C12H11N3O3/c1-15(11(16)9-2-4-13-7-9)10-6-8(12(17)18)3-5-14-10/h2-7,13H,1H3,(H,17,18). The van der Waals surface area contributed by atoms with Gasteiger partial charge in [-0.3, -0.25) is 9.69 Å². The summed E-state index contributed by atoms with van der Waals surface area (Å²) in [5.41, 5.74) is 0.578. The van der Waals surface area contributed by atoms with Gasteiger partial charge in [0.15, 0.2) is 0 Å². The molecular weight excluding hydrogens is 234 g/mol. The second-order valence-electron chi connectivity index (χ2n) is 3.67. The highest BCUT2D eigenvalue weighted by atomic mass is 16.4. The zero-order valence-electron chi connectivity index (χ0n) is 9.62. The first-order chi connectivity index (χ1) is 8.59. The monoisotopic (exact) mass is 245 g/mol. The van der Waals surface area contributed by atoms with Crippen molar-refractivity contribution in [3.05, 3.63) is 47.9 Å². The van der Waals surface area contributed by atoms with E-state index in [2.05, 4.69) is 9.97 Å². The summed E-state index contributed by atoms with van der Waals surface area (Å²) < 4.78 is 0. The maximum atomic E-state index is 12.0. The van der Waals surface area contributed by atoms with E-state index in [4.69, 9.17) is 5.11 Å². The van der Waals surface area contributed by atoms with Crippen LogP contribution in [0, 0.1) is 0 Å². The van der Waals surface area contributed by atoms with Crippen LogP contribution in [0.1, 0.15) is 20.7 Å². The van der Waals surface area contributed by atoms with Crippen molar-refractivity contribution in [2.45, 2.75) is 0 Å². The van der Waals surface area contributed by atoms with Gasteiger partial charge in [-0.25, -0.2) is 9.78 Å². The fraction of sp³-hybridized carbons (Fsp3) is 0.0833. The Bertz CT molecular complexity index is 578. The zero-order valence-corrected chi connectivity index (χ0v) is 9.62. The quantitative estimate of drug-likeness (QED) is 0.855. The number of H-pyrrole nitrogens is 1. The number of nitrogens with zero attached hydrogens (tertiary/aromatic N) is 2. The lowest BCUT2D eigenvalue weighted by Gasteiger charge is -2.15. The lowest BCUT2D eigenvalue weighted by molar-refractivity contribution is 0.0696. The highest BCUT2D eigenvalue weighted by molar-refractivity contribution is 6.05. The smallest absolute Gasteiger partial charge is 0.335 e. The summed E-state index contributed by atoms with van der Waals surface area (Å²) in [6.07, 6.45) is 4.57. The van der Waals surface area contributed by atoms with Crippen molar-refractivity contribution in [2.24, 2.45) is 0 Å². The van der Waals surface area contributed by atoms with Gasteiger partial charge in [0.1, 0.15) is 5.82 Å². The number of aromatic nitrogens is 2. The van der Waals surface area contributed by atoms with Crippen LogP contribution in [-0.4, -0.2) is 34.0 Å². The van der Waals surface area contributed by atoms with Crippen LogP contribution in [0.5, 0.6) is 0 Å². The fourth-order valence-electron chi connectivity index (χ4n) is 1.49. The van der Waals surface area contributed by atoms with Crippen LogP contribution >= 0.6 is 0 Å². The van der Waals surface area contributed by atoms with Gasteiger partial charge < -0.3 is 10.1 Å². The van der Waals surface area contributed by atoms with Crippen molar-refractivity contribution in [2.75, 3.05) is 11.9 Å². The van der Waals surface area contributed by atoms with Crippen molar-refractivity contribution in [1.82, 2.24) is 9.97 Å². The predicted molar refractivity (Wildman–Crippen MR) is 64.7 cm³/mol. The molecule has 0 aliphatic rings. The van der Waals surface area contributed by atoms with Crippen LogP contribution in [0.15, 0.2) is 36.8 Å². The molecule has 6 nitrogen and oxygen atoms in total. The van der Waals surface area contributed by atoms with E-state index in [9.17, 15) is 9.59 Å². The summed E-state index contributed by atoms with van der Waals surface area (Å²) in [6.45, 7) is 0. The molecule has 0 bridgehead atoms. The van der Waals surface area contributed by atoms with Gasteiger partial charge in [-0.05, 0) is 18.2 Å². The molecule has 0 unspecified atom stereocenters. The summed E-state index contributed by atoms with van der Waals surface area (Å²) >= 11 is 0. The first-order valence-corrected chi connectivity index (χ1v) is 5.20. The SMILES string of the molecule is CN(C(=O)c1cc[nH]c1)c1cc(C(=O)O)ccn1. The summed E-state index contributed by atoms with van der Waals surface area (Å²) in [5, 5.41) is 8.88. The Morgan fingerprint density at radius 1 is 1.33 bits per heavy atom. The minimum atomic E-state index is -1.05. The number of carbonyl (C=O) groups excluding carboxylic acids is 1. The number of carboxylic acids is 1. The summed E-state index contributed by atoms with van der Waals surface area (Å²) in [4.78, 5) is 30.9. The van der Waals surface area contributed by atoms with Gasteiger partial charge in [0.05, 0.1) is 11.1 Å². The van der Waals surface area contributed by atoms with Gasteiger partial charge >= 0.3 is 5.97 Å². The first-order valence-electron chi connectivity index (χ1n) is 5.20. The molecule has 0 aliphatic carbocycles. The number of amides is 1. The zero-order chi connectivity index (χ0) is 13.1. The van der Waals surface area contributed by atoms with Crippen LogP contribution in [-0.2, 0) is 0 Å².